The average molecular weight is 482 g/mol. The van der Waals surface area contributed by atoms with Crippen molar-refractivity contribution in [3.8, 4) is 0 Å². The summed E-state index contributed by atoms with van der Waals surface area (Å²) in [5.41, 5.74) is 3.34. The minimum Gasteiger partial charge on any atom is -0.462 e. The first-order valence-electron chi connectivity index (χ1n) is 13.2. The van der Waals surface area contributed by atoms with Gasteiger partial charge in [-0.3, -0.25) is 9.59 Å². The van der Waals surface area contributed by atoms with Crippen molar-refractivity contribution in [2.24, 2.45) is 34.5 Å². The number of allylic oxidation sites excluding steroid dienone is 1. The predicted octanol–water partition coefficient (Wildman–Crippen LogP) is 6.05. The zero-order valence-corrected chi connectivity index (χ0v) is 21.8. The molecule has 190 valence electrons. The predicted molar refractivity (Wildman–Crippen MR) is 132 cm³/mol. The normalized spacial score (nSPS) is 40.1. The SMILES string of the molecule is C=C(c1cc(C)no1)[C@H]1[C@H](OC(C)=O)C[C@H]2[C@@H]3CC=C4C[C@@H](OC(C)=O)CC[C@]4(C)[C@H]3CC[C@@]21C. The highest BCUT2D eigenvalue weighted by Gasteiger charge is 2.62. The Morgan fingerprint density at radius 1 is 1.11 bits per heavy atom. The smallest absolute Gasteiger partial charge is 0.302 e. The van der Waals surface area contributed by atoms with Crippen LogP contribution in [-0.2, 0) is 19.1 Å². The third-order valence-electron chi connectivity index (χ3n) is 10.0. The zero-order chi connectivity index (χ0) is 25.1. The second-order valence-corrected chi connectivity index (χ2v) is 12.0. The first-order chi connectivity index (χ1) is 16.5. The molecule has 4 aliphatic rings. The number of esters is 2. The molecule has 0 spiro atoms. The molecule has 0 unspecified atom stereocenters. The van der Waals surface area contributed by atoms with Gasteiger partial charge in [-0.1, -0.05) is 37.2 Å². The summed E-state index contributed by atoms with van der Waals surface area (Å²) in [4.78, 5) is 23.7. The van der Waals surface area contributed by atoms with Gasteiger partial charge >= 0.3 is 11.9 Å². The molecule has 3 fully saturated rings. The van der Waals surface area contributed by atoms with Gasteiger partial charge < -0.3 is 14.0 Å². The van der Waals surface area contributed by atoms with Gasteiger partial charge in [0.1, 0.15) is 12.2 Å². The standard InChI is InChI=1S/C29H39NO5/c1-16-13-25(35-30-16)17(2)27-26(34-19(4)32)15-24-22-8-7-20-14-21(33-18(3)31)9-11-28(20,5)23(22)10-12-29(24,27)6/h7,13,21-24,26-27H,2,8-12,14-15H2,1,3-6H3/t21-,22+,23-,24-,26+,27-,28-,29-/m0/s1. The monoisotopic (exact) mass is 481 g/mol. The van der Waals surface area contributed by atoms with Crippen LogP contribution in [-0.4, -0.2) is 29.3 Å². The highest BCUT2D eigenvalue weighted by molar-refractivity contribution is 5.68. The number of nitrogens with zero attached hydrogens (tertiary/aromatic N) is 1. The van der Waals surface area contributed by atoms with Gasteiger partial charge in [-0.05, 0) is 79.6 Å². The van der Waals surface area contributed by atoms with E-state index in [4.69, 9.17) is 14.0 Å². The summed E-state index contributed by atoms with van der Waals surface area (Å²) in [6.07, 6.45) is 9.24. The molecular formula is C29H39NO5. The molecule has 0 aliphatic heterocycles. The Labute approximate surface area is 208 Å². The number of hydrogen-bond acceptors (Lipinski definition) is 6. The molecule has 5 rings (SSSR count). The third-order valence-corrected chi connectivity index (χ3v) is 10.0. The highest BCUT2D eigenvalue weighted by Crippen LogP contribution is 2.68. The quantitative estimate of drug-likeness (QED) is 0.385. The van der Waals surface area contributed by atoms with Crippen LogP contribution in [0.1, 0.15) is 84.1 Å². The van der Waals surface area contributed by atoms with Crippen LogP contribution in [0.15, 0.2) is 28.8 Å². The molecule has 0 amide bonds. The van der Waals surface area contributed by atoms with E-state index < -0.39 is 0 Å². The molecule has 1 heterocycles. The fourth-order valence-electron chi connectivity index (χ4n) is 8.57. The molecule has 3 saturated carbocycles. The second kappa shape index (κ2) is 8.63. The Morgan fingerprint density at radius 2 is 1.86 bits per heavy atom. The molecule has 0 bridgehead atoms. The lowest BCUT2D eigenvalue weighted by Crippen LogP contribution is -2.50. The van der Waals surface area contributed by atoms with Crippen molar-refractivity contribution in [1.29, 1.82) is 0 Å². The Hall–Kier alpha value is -2.37. The molecule has 0 radical (unpaired) electrons. The summed E-state index contributed by atoms with van der Waals surface area (Å²) >= 11 is 0. The number of aryl methyl sites for hydroxylation is 1. The van der Waals surface area contributed by atoms with E-state index >= 15 is 0 Å². The van der Waals surface area contributed by atoms with Crippen molar-refractivity contribution in [3.63, 3.8) is 0 Å². The van der Waals surface area contributed by atoms with E-state index in [0.29, 0.717) is 23.5 Å². The van der Waals surface area contributed by atoms with Gasteiger partial charge in [-0.15, -0.1) is 0 Å². The van der Waals surface area contributed by atoms with Gasteiger partial charge in [0.05, 0.1) is 5.69 Å². The lowest BCUT2D eigenvalue weighted by atomic mass is 9.47. The molecule has 1 aromatic rings. The number of carbonyl (C=O) groups excluding carboxylic acids is 2. The number of fused-ring (bicyclic) bond motifs is 5. The summed E-state index contributed by atoms with van der Waals surface area (Å²) in [5.74, 6) is 1.88. The summed E-state index contributed by atoms with van der Waals surface area (Å²) < 4.78 is 17.2. The summed E-state index contributed by atoms with van der Waals surface area (Å²) in [7, 11) is 0. The summed E-state index contributed by atoms with van der Waals surface area (Å²) in [6.45, 7) is 14.2. The van der Waals surface area contributed by atoms with Gasteiger partial charge in [0, 0.05) is 32.3 Å². The van der Waals surface area contributed by atoms with Crippen molar-refractivity contribution in [3.05, 3.63) is 35.7 Å². The van der Waals surface area contributed by atoms with E-state index in [2.05, 4.69) is 31.7 Å². The first kappa shape index (κ1) is 24.3. The number of hydrogen-bond donors (Lipinski definition) is 0. The lowest BCUT2D eigenvalue weighted by molar-refractivity contribution is -0.149. The largest absolute Gasteiger partial charge is 0.462 e. The van der Waals surface area contributed by atoms with E-state index in [1.54, 1.807) is 0 Å². The Morgan fingerprint density at radius 3 is 2.51 bits per heavy atom. The molecule has 0 aromatic carbocycles. The molecular weight excluding hydrogens is 442 g/mol. The van der Waals surface area contributed by atoms with Crippen LogP contribution in [0.25, 0.3) is 5.57 Å². The molecule has 4 aliphatic carbocycles. The minimum atomic E-state index is -0.234. The molecule has 8 atom stereocenters. The van der Waals surface area contributed by atoms with E-state index in [1.165, 1.54) is 19.4 Å². The maximum atomic E-state index is 12.1. The van der Waals surface area contributed by atoms with Crippen molar-refractivity contribution < 1.29 is 23.6 Å². The van der Waals surface area contributed by atoms with Crippen molar-refractivity contribution >= 4 is 17.5 Å². The van der Waals surface area contributed by atoms with Gasteiger partial charge in [0.25, 0.3) is 0 Å². The summed E-state index contributed by atoms with van der Waals surface area (Å²) in [5, 5.41) is 4.08. The van der Waals surface area contributed by atoms with Crippen LogP contribution in [0, 0.1) is 41.4 Å². The molecule has 1 aromatic heterocycles. The van der Waals surface area contributed by atoms with E-state index in [9.17, 15) is 9.59 Å². The Balaban J connectivity index is 1.45. The molecule has 6 heteroatoms. The van der Waals surface area contributed by atoms with E-state index in [1.807, 2.05) is 13.0 Å². The maximum absolute atomic E-state index is 12.1. The van der Waals surface area contributed by atoms with Gasteiger partial charge in [-0.2, -0.15) is 0 Å². The number of rotatable bonds is 4. The number of ether oxygens (including phenoxy) is 2. The zero-order valence-electron chi connectivity index (χ0n) is 21.8. The number of aromatic nitrogens is 1. The Bertz CT molecular complexity index is 1070. The van der Waals surface area contributed by atoms with Crippen molar-refractivity contribution in [1.82, 2.24) is 5.16 Å². The average Bonchev–Trinajstić information content (AvgIpc) is 3.33. The van der Waals surface area contributed by atoms with E-state index in [0.717, 1.165) is 56.2 Å². The minimum absolute atomic E-state index is 0.00938. The first-order valence-corrected chi connectivity index (χ1v) is 13.2. The van der Waals surface area contributed by atoms with Crippen molar-refractivity contribution in [2.45, 2.75) is 91.8 Å². The molecule has 35 heavy (non-hydrogen) atoms. The lowest BCUT2D eigenvalue weighted by Gasteiger charge is -2.58. The van der Waals surface area contributed by atoms with Crippen LogP contribution in [0.3, 0.4) is 0 Å². The fourth-order valence-corrected chi connectivity index (χ4v) is 8.57. The van der Waals surface area contributed by atoms with Crippen LogP contribution in [0.2, 0.25) is 0 Å². The third kappa shape index (κ3) is 3.97. The highest BCUT2D eigenvalue weighted by atomic mass is 16.5. The van der Waals surface area contributed by atoms with Gasteiger partial charge in [0.2, 0.25) is 0 Å². The summed E-state index contributed by atoms with van der Waals surface area (Å²) in [6, 6.07) is 1.94. The second-order valence-electron chi connectivity index (χ2n) is 12.0. The molecule has 6 nitrogen and oxygen atoms in total. The van der Waals surface area contributed by atoms with Gasteiger partial charge in [0.15, 0.2) is 5.76 Å². The van der Waals surface area contributed by atoms with Gasteiger partial charge in [-0.25, -0.2) is 0 Å². The molecule has 0 N–H and O–H groups in total. The van der Waals surface area contributed by atoms with Crippen LogP contribution in [0.4, 0.5) is 0 Å². The van der Waals surface area contributed by atoms with Crippen LogP contribution in [0.5, 0.6) is 0 Å². The molecule has 0 saturated heterocycles. The van der Waals surface area contributed by atoms with Crippen molar-refractivity contribution in [2.75, 3.05) is 0 Å². The van der Waals surface area contributed by atoms with Crippen LogP contribution >= 0.6 is 0 Å². The number of carbonyl (C=O) groups is 2. The topological polar surface area (TPSA) is 78.6 Å². The fraction of sp³-hybridized carbons (Fsp3) is 0.690. The van der Waals surface area contributed by atoms with Crippen LogP contribution < -0.4 is 0 Å². The van der Waals surface area contributed by atoms with E-state index in [-0.39, 0.29) is 40.9 Å². The Kier molecular flexibility index (Phi) is 6.00. The maximum Gasteiger partial charge on any atom is 0.302 e.